The van der Waals surface area contributed by atoms with Crippen LogP contribution in [0.25, 0.3) is 16.7 Å². The molecule has 0 bridgehead atoms. The third-order valence-corrected chi connectivity index (χ3v) is 3.58. The van der Waals surface area contributed by atoms with E-state index in [0.717, 1.165) is 11.3 Å². The van der Waals surface area contributed by atoms with E-state index in [-0.39, 0.29) is 5.56 Å². The summed E-state index contributed by atoms with van der Waals surface area (Å²) in [7, 11) is 3.42. The van der Waals surface area contributed by atoms with Crippen LogP contribution in [-0.4, -0.2) is 26.4 Å². The van der Waals surface area contributed by atoms with Gasteiger partial charge in [-0.15, -0.1) is 5.10 Å². The molecule has 108 valence electrons. The fraction of sp³-hybridized carbons (Fsp3) is 0.267. The molecular weight excluding hydrogens is 266 g/mol. The predicted molar refractivity (Wildman–Crippen MR) is 83.1 cm³/mol. The van der Waals surface area contributed by atoms with Gasteiger partial charge in [-0.1, -0.05) is 17.7 Å². The summed E-state index contributed by atoms with van der Waals surface area (Å²) in [6.07, 6.45) is 1.74. The predicted octanol–water partition coefficient (Wildman–Crippen LogP) is 1.78. The molecular formula is C15H17N5O. The van der Waals surface area contributed by atoms with Crippen molar-refractivity contribution in [3.05, 3.63) is 45.9 Å². The fourth-order valence-electron chi connectivity index (χ4n) is 2.46. The lowest BCUT2D eigenvalue weighted by Crippen LogP contribution is -2.20. The highest BCUT2D eigenvalue weighted by Gasteiger charge is 2.12. The SMILES string of the molecule is CNc1nc2nn(-c3ccc(C)cc3C)cc2c(=O)n1C. The Bertz CT molecular complexity index is 891. The van der Waals surface area contributed by atoms with Crippen molar-refractivity contribution in [1.29, 1.82) is 0 Å². The Morgan fingerprint density at radius 1 is 1.24 bits per heavy atom. The van der Waals surface area contributed by atoms with Crippen molar-refractivity contribution in [1.82, 2.24) is 19.3 Å². The van der Waals surface area contributed by atoms with Crippen molar-refractivity contribution in [3.8, 4) is 5.69 Å². The average molecular weight is 283 g/mol. The number of nitrogens with zero attached hydrogens (tertiary/aromatic N) is 4. The molecule has 0 radical (unpaired) electrons. The van der Waals surface area contributed by atoms with Gasteiger partial charge in [-0.25, -0.2) is 4.68 Å². The molecule has 0 saturated heterocycles. The van der Waals surface area contributed by atoms with Crippen LogP contribution >= 0.6 is 0 Å². The summed E-state index contributed by atoms with van der Waals surface area (Å²) in [6, 6.07) is 6.12. The van der Waals surface area contributed by atoms with Crippen molar-refractivity contribution in [2.24, 2.45) is 7.05 Å². The van der Waals surface area contributed by atoms with Crippen LogP contribution in [0.1, 0.15) is 11.1 Å². The van der Waals surface area contributed by atoms with Gasteiger partial charge in [0.2, 0.25) is 5.95 Å². The van der Waals surface area contributed by atoms with E-state index in [4.69, 9.17) is 0 Å². The second-order valence-corrected chi connectivity index (χ2v) is 5.15. The quantitative estimate of drug-likeness (QED) is 0.778. The Kier molecular flexibility index (Phi) is 3.01. The zero-order valence-corrected chi connectivity index (χ0v) is 12.5. The van der Waals surface area contributed by atoms with Gasteiger partial charge in [0.15, 0.2) is 5.65 Å². The Morgan fingerprint density at radius 2 is 2.00 bits per heavy atom. The van der Waals surface area contributed by atoms with E-state index >= 15 is 0 Å². The van der Waals surface area contributed by atoms with Gasteiger partial charge in [0.25, 0.3) is 5.56 Å². The summed E-state index contributed by atoms with van der Waals surface area (Å²) in [5, 5.41) is 7.85. The van der Waals surface area contributed by atoms with E-state index in [1.54, 1.807) is 25.0 Å². The van der Waals surface area contributed by atoms with Gasteiger partial charge in [-0.05, 0) is 25.5 Å². The maximum absolute atomic E-state index is 12.3. The molecule has 1 aromatic carbocycles. The third-order valence-electron chi connectivity index (χ3n) is 3.58. The van der Waals surface area contributed by atoms with Gasteiger partial charge in [-0.2, -0.15) is 4.98 Å². The molecule has 0 unspecified atom stereocenters. The lowest BCUT2D eigenvalue weighted by molar-refractivity contribution is 0.847. The second-order valence-electron chi connectivity index (χ2n) is 5.15. The van der Waals surface area contributed by atoms with Crippen molar-refractivity contribution < 1.29 is 0 Å². The highest BCUT2D eigenvalue weighted by Crippen LogP contribution is 2.17. The number of anilines is 1. The van der Waals surface area contributed by atoms with Crippen molar-refractivity contribution >= 4 is 17.0 Å². The second kappa shape index (κ2) is 4.73. The summed E-state index contributed by atoms with van der Waals surface area (Å²) < 4.78 is 3.20. The third kappa shape index (κ3) is 2.08. The van der Waals surface area contributed by atoms with Crippen molar-refractivity contribution in [2.75, 3.05) is 12.4 Å². The number of aryl methyl sites for hydroxylation is 2. The van der Waals surface area contributed by atoms with Gasteiger partial charge in [0.05, 0.1) is 5.69 Å². The van der Waals surface area contributed by atoms with Crippen LogP contribution in [-0.2, 0) is 7.05 Å². The highest BCUT2D eigenvalue weighted by atomic mass is 16.1. The van der Waals surface area contributed by atoms with Crippen LogP contribution in [0.2, 0.25) is 0 Å². The van der Waals surface area contributed by atoms with Crippen molar-refractivity contribution in [3.63, 3.8) is 0 Å². The minimum atomic E-state index is -0.111. The number of hydrogen-bond donors (Lipinski definition) is 1. The maximum atomic E-state index is 12.3. The number of hydrogen-bond acceptors (Lipinski definition) is 4. The molecule has 21 heavy (non-hydrogen) atoms. The Hall–Kier alpha value is -2.63. The van der Waals surface area contributed by atoms with Crippen molar-refractivity contribution in [2.45, 2.75) is 13.8 Å². The lowest BCUT2D eigenvalue weighted by Gasteiger charge is -2.05. The first-order chi connectivity index (χ1) is 10.0. The Morgan fingerprint density at radius 3 is 2.67 bits per heavy atom. The van der Waals surface area contributed by atoms with E-state index in [9.17, 15) is 4.79 Å². The average Bonchev–Trinajstić information content (AvgIpc) is 2.86. The number of benzene rings is 1. The minimum absolute atomic E-state index is 0.111. The summed E-state index contributed by atoms with van der Waals surface area (Å²) in [5.74, 6) is 0.498. The van der Waals surface area contributed by atoms with Gasteiger partial charge in [0, 0.05) is 20.3 Å². The van der Waals surface area contributed by atoms with E-state index in [1.165, 1.54) is 10.1 Å². The number of nitrogens with one attached hydrogen (secondary N) is 1. The zero-order chi connectivity index (χ0) is 15.1. The van der Waals surface area contributed by atoms with E-state index in [2.05, 4.69) is 21.5 Å². The van der Waals surface area contributed by atoms with Crippen LogP contribution in [0.3, 0.4) is 0 Å². The fourth-order valence-corrected chi connectivity index (χ4v) is 2.46. The standard InChI is InChI=1S/C15H17N5O/c1-9-5-6-12(10(2)7-9)20-8-11-13(18-20)17-15(16-3)19(4)14(11)21/h5-8H,1-4H3,(H,16,17,18). The molecule has 3 rings (SSSR count). The van der Waals surface area contributed by atoms with E-state index < -0.39 is 0 Å². The zero-order valence-electron chi connectivity index (χ0n) is 12.5. The Labute approximate surface area is 122 Å². The molecule has 0 aliphatic carbocycles. The summed E-state index contributed by atoms with van der Waals surface area (Å²) in [6.45, 7) is 4.08. The molecule has 6 heteroatoms. The molecule has 1 N–H and O–H groups in total. The lowest BCUT2D eigenvalue weighted by atomic mass is 10.1. The smallest absolute Gasteiger partial charge is 0.265 e. The molecule has 0 saturated carbocycles. The van der Waals surface area contributed by atoms with Gasteiger partial charge in [0.1, 0.15) is 5.39 Å². The number of rotatable bonds is 2. The number of aromatic nitrogens is 4. The minimum Gasteiger partial charge on any atom is -0.359 e. The highest BCUT2D eigenvalue weighted by molar-refractivity contribution is 5.75. The first-order valence-electron chi connectivity index (χ1n) is 6.73. The molecule has 0 fully saturated rings. The largest absolute Gasteiger partial charge is 0.359 e. The van der Waals surface area contributed by atoms with Gasteiger partial charge >= 0.3 is 0 Å². The molecule has 0 spiro atoms. The van der Waals surface area contributed by atoms with Crippen LogP contribution in [0.5, 0.6) is 0 Å². The topological polar surface area (TPSA) is 64.7 Å². The van der Waals surface area contributed by atoms with E-state index in [0.29, 0.717) is 17.0 Å². The monoisotopic (exact) mass is 283 g/mol. The first-order valence-corrected chi connectivity index (χ1v) is 6.73. The molecule has 0 aliphatic heterocycles. The summed E-state index contributed by atoms with van der Waals surface area (Å²) >= 11 is 0. The van der Waals surface area contributed by atoms with Crippen LogP contribution in [0, 0.1) is 13.8 Å². The maximum Gasteiger partial charge on any atom is 0.265 e. The molecule has 6 nitrogen and oxygen atoms in total. The van der Waals surface area contributed by atoms with Crippen LogP contribution in [0.4, 0.5) is 5.95 Å². The first kappa shape index (κ1) is 13.4. The van der Waals surface area contributed by atoms with Crippen LogP contribution in [0.15, 0.2) is 29.2 Å². The summed E-state index contributed by atoms with van der Waals surface area (Å²) in [5.41, 5.74) is 3.59. The van der Waals surface area contributed by atoms with Crippen LogP contribution < -0.4 is 10.9 Å². The van der Waals surface area contributed by atoms with E-state index in [1.807, 2.05) is 26.0 Å². The molecule has 0 atom stereocenters. The molecule has 2 heterocycles. The molecule has 0 aliphatic rings. The molecule has 2 aromatic heterocycles. The normalized spacial score (nSPS) is 11.0. The number of fused-ring (bicyclic) bond motifs is 1. The Balaban J connectivity index is 2.26. The molecule has 0 amide bonds. The molecule has 3 aromatic rings. The van der Waals surface area contributed by atoms with Gasteiger partial charge in [-0.3, -0.25) is 9.36 Å². The summed E-state index contributed by atoms with van der Waals surface area (Å²) in [4.78, 5) is 16.7. The van der Waals surface area contributed by atoms with Gasteiger partial charge < -0.3 is 5.32 Å².